The molecule has 7 rings (SSSR count). The van der Waals surface area contributed by atoms with Gasteiger partial charge in [-0.25, -0.2) is 0 Å². The summed E-state index contributed by atoms with van der Waals surface area (Å²) < 4.78 is 0. The number of hydrogen-bond acceptors (Lipinski definition) is 4. The second-order valence-corrected chi connectivity index (χ2v) is 10.2. The van der Waals surface area contributed by atoms with E-state index in [-0.39, 0.29) is 0 Å². The lowest BCUT2D eigenvalue weighted by Crippen LogP contribution is -2.18. The number of fused-ring (bicyclic) bond motifs is 3. The lowest BCUT2D eigenvalue weighted by Gasteiger charge is -2.28. The minimum Gasteiger partial charge on any atom is -0.385 e. The van der Waals surface area contributed by atoms with Gasteiger partial charge in [0.05, 0.1) is 0 Å². The maximum absolute atomic E-state index is 4.44. The van der Waals surface area contributed by atoms with Crippen molar-refractivity contribution < 1.29 is 0 Å². The molecule has 2 aromatic rings. The van der Waals surface area contributed by atoms with Crippen LogP contribution >= 0.6 is 0 Å². The third kappa shape index (κ3) is 3.69. The zero-order chi connectivity index (χ0) is 23.9. The van der Waals surface area contributed by atoms with Crippen molar-refractivity contribution in [3.05, 3.63) is 113 Å². The molecule has 0 radical (unpaired) electrons. The zero-order valence-corrected chi connectivity index (χ0v) is 20.3. The van der Waals surface area contributed by atoms with Crippen molar-refractivity contribution >= 4 is 29.5 Å². The fourth-order valence-corrected chi connectivity index (χ4v) is 6.14. The summed E-state index contributed by atoms with van der Waals surface area (Å²) in [5.74, 6) is 1.12. The van der Waals surface area contributed by atoms with Crippen molar-refractivity contribution in [1.82, 2.24) is 5.32 Å². The summed E-state index contributed by atoms with van der Waals surface area (Å²) in [6.45, 7) is 1.86. The van der Waals surface area contributed by atoms with Crippen LogP contribution in [0.3, 0.4) is 0 Å². The van der Waals surface area contributed by atoms with Gasteiger partial charge in [0.15, 0.2) is 0 Å². The van der Waals surface area contributed by atoms with E-state index in [9.17, 15) is 0 Å². The molecule has 1 aliphatic carbocycles. The molecule has 3 unspecified atom stereocenters. The van der Waals surface area contributed by atoms with Crippen LogP contribution < -0.4 is 10.2 Å². The molecule has 4 heteroatoms. The second-order valence-electron chi connectivity index (χ2n) is 10.2. The Kier molecular flexibility index (Phi) is 5.31. The maximum atomic E-state index is 4.44. The molecule has 4 nitrogen and oxygen atoms in total. The fourth-order valence-electron chi connectivity index (χ4n) is 6.14. The standard InChI is InChI=1S/C32H30N4/c1-4-25(20-33-15-1)22-7-11-27(12-8-22)36-31-13-9-23(26-5-2-16-34-21-26)18-28(31)29-19-24(10-14-32(29)36)30-6-3-17-35-30/h1-2,4,6-16,19,21,25-26,28,35H,3,5,17-18,20H2. The number of nitrogens with one attached hydrogen (secondary N) is 1. The first-order valence-electron chi connectivity index (χ1n) is 13.1. The highest BCUT2D eigenvalue weighted by molar-refractivity contribution is 5.82. The number of hydrogen-bond donors (Lipinski definition) is 1. The molecule has 178 valence electrons. The Hall–Kier alpha value is -3.92. The average Bonchev–Trinajstić information content (AvgIpc) is 3.60. The highest BCUT2D eigenvalue weighted by atomic mass is 15.2. The third-order valence-electron chi connectivity index (χ3n) is 8.03. The summed E-state index contributed by atoms with van der Waals surface area (Å²) in [6.07, 6.45) is 22.6. The van der Waals surface area contributed by atoms with Gasteiger partial charge in [-0.1, -0.05) is 48.1 Å². The number of aliphatic imine (C=N–C) groups is 2. The van der Waals surface area contributed by atoms with Crippen LogP contribution in [0.25, 0.3) is 5.70 Å². The monoisotopic (exact) mass is 470 g/mol. The SMILES string of the molecule is C1=CC(c2ccc(N3C4=CC=C(C5C=NC=CC5)CC4c4cc(C5=CCCN5)ccc43)cc2)CN=C1. The van der Waals surface area contributed by atoms with Crippen LogP contribution in [0.5, 0.6) is 0 Å². The lowest BCUT2D eigenvalue weighted by atomic mass is 9.81. The summed E-state index contributed by atoms with van der Waals surface area (Å²) in [4.78, 5) is 11.3. The molecule has 0 fully saturated rings. The van der Waals surface area contributed by atoms with Crippen LogP contribution in [0.1, 0.15) is 47.8 Å². The fraction of sp³-hybridized carbons (Fsp3) is 0.250. The van der Waals surface area contributed by atoms with Crippen LogP contribution in [0.2, 0.25) is 0 Å². The summed E-state index contributed by atoms with van der Waals surface area (Å²) in [5.41, 5.74) is 10.7. The van der Waals surface area contributed by atoms with Crippen molar-refractivity contribution in [1.29, 1.82) is 0 Å². The molecule has 0 bridgehead atoms. The first kappa shape index (κ1) is 21.4. The van der Waals surface area contributed by atoms with Crippen LogP contribution in [-0.2, 0) is 0 Å². The van der Waals surface area contributed by atoms with E-state index >= 15 is 0 Å². The van der Waals surface area contributed by atoms with Crippen molar-refractivity contribution in [3.8, 4) is 0 Å². The molecule has 0 spiro atoms. The molecule has 4 aliphatic heterocycles. The molecule has 0 aromatic heterocycles. The highest BCUT2D eigenvalue weighted by Crippen LogP contribution is 2.53. The number of nitrogens with zero attached hydrogens (tertiary/aromatic N) is 3. The minimum atomic E-state index is 0.358. The van der Waals surface area contributed by atoms with Crippen molar-refractivity contribution in [3.63, 3.8) is 0 Å². The van der Waals surface area contributed by atoms with Gasteiger partial charge in [0, 0.05) is 72.2 Å². The predicted octanol–water partition coefficient (Wildman–Crippen LogP) is 6.80. The van der Waals surface area contributed by atoms with Gasteiger partial charge in [-0.2, -0.15) is 0 Å². The normalized spacial score (nSPS) is 25.7. The van der Waals surface area contributed by atoms with E-state index in [1.54, 1.807) is 0 Å². The smallest absolute Gasteiger partial charge is 0.0498 e. The molecular formula is C32H30N4. The third-order valence-corrected chi connectivity index (χ3v) is 8.03. The van der Waals surface area contributed by atoms with E-state index in [0.717, 1.165) is 32.4 Å². The number of benzene rings is 2. The topological polar surface area (TPSA) is 40.0 Å². The second kappa shape index (κ2) is 8.94. The van der Waals surface area contributed by atoms with E-state index < -0.39 is 0 Å². The van der Waals surface area contributed by atoms with E-state index in [4.69, 9.17) is 0 Å². The molecule has 0 amide bonds. The van der Waals surface area contributed by atoms with Crippen molar-refractivity contribution in [2.24, 2.45) is 15.9 Å². The minimum absolute atomic E-state index is 0.358. The maximum Gasteiger partial charge on any atom is 0.0498 e. The van der Waals surface area contributed by atoms with Gasteiger partial charge in [-0.15, -0.1) is 0 Å². The van der Waals surface area contributed by atoms with Gasteiger partial charge < -0.3 is 10.2 Å². The van der Waals surface area contributed by atoms with Crippen LogP contribution in [0, 0.1) is 5.92 Å². The van der Waals surface area contributed by atoms with Gasteiger partial charge in [0.1, 0.15) is 0 Å². The molecule has 1 N–H and O–H groups in total. The number of anilines is 2. The van der Waals surface area contributed by atoms with Crippen LogP contribution in [0.15, 0.2) is 106 Å². The quantitative estimate of drug-likeness (QED) is 0.534. The van der Waals surface area contributed by atoms with Gasteiger partial charge in [0.25, 0.3) is 0 Å². The van der Waals surface area contributed by atoms with E-state index in [0.29, 0.717) is 17.8 Å². The van der Waals surface area contributed by atoms with E-state index in [1.165, 1.54) is 45.0 Å². The van der Waals surface area contributed by atoms with Gasteiger partial charge in [-0.05, 0) is 72.4 Å². The molecule has 0 saturated heterocycles. The largest absolute Gasteiger partial charge is 0.385 e. The van der Waals surface area contributed by atoms with E-state index in [2.05, 4.69) is 105 Å². The number of rotatable bonds is 4. The van der Waals surface area contributed by atoms with Crippen LogP contribution in [-0.4, -0.2) is 25.5 Å². The number of dihydropyridines is 1. The molecule has 5 aliphatic rings. The molecule has 36 heavy (non-hydrogen) atoms. The first-order chi connectivity index (χ1) is 17.8. The molecule has 4 heterocycles. The molecule has 0 saturated carbocycles. The molecule has 2 aromatic carbocycles. The predicted molar refractivity (Wildman–Crippen MR) is 150 cm³/mol. The zero-order valence-electron chi connectivity index (χ0n) is 20.3. The Morgan fingerprint density at radius 2 is 1.94 bits per heavy atom. The summed E-state index contributed by atoms with van der Waals surface area (Å²) in [7, 11) is 0. The van der Waals surface area contributed by atoms with Gasteiger partial charge >= 0.3 is 0 Å². The van der Waals surface area contributed by atoms with Crippen molar-refractivity contribution in [2.45, 2.75) is 31.1 Å². The van der Waals surface area contributed by atoms with Crippen LogP contribution in [0.4, 0.5) is 11.4 Å². The number of allylic oxidation sites excluding steroid dienone is 6. The Bertz CT molecular complexity index is 1400. The Balaban J connectivity index is 1.28. The Labute approximate surface area is 212 Å². The first-order valence-corrected chi connectivity index (χ1v) is 13.1. The summed E-state index contributed by atoms with van der Waals surface area (Å²) in [5, 5.41) is 3.56. The van der Waals surface area contributed by atoms with Crippen molar-refractivity contribution in [2.75, 3.05) is 18.0 Å². The Morgan fingerprint density at radius 1 is 1.00 bits per heavy atom. The highest BCUT2D eigenvalue weighted by Gasteiger charge is 2.37. The summed E-state index contributed by atoms with van der Waals surface area (Å²) in [6, 6.07) is 16.1. The lowest BCUT2D eigenvalue weighted by molar-refractivity contribution is 0.694. The molecular weight excluding hydrogens is 440 g/mol. The average molecular weight is 471 g/mol. The summed E-state index contributed by atoms with van der Waals surface area (Å²) >= 11 is 0. The van der Waals surface area contributed by atoms with E-state index in [1.807, 2.05) is 12.4 Å². The van der Waals surface area contributed by atoms with Gasteiger partial charge in [0.2, 0.25) is 0 Å². The molecule has 3 atom stereocenters. The van der Waals surface area contributed by atoms with Gasteiger partial charge in [-0.3, -0.25) is 9.98 Å². The Morgan fingerprint density at radius 3 is 2.72 bits per heavy atom.